The highest BCUT2D eigenvalue weighted by atomic mass is 19.4. The molecular weight excluding hydrogens is 275 g/mol. The summed E-state index contributed by atoms with van der Waals surface area (Å²) in [6.45, 7) is 8.69. The predicted octanol–water partition coefficient (Wildman–Crippen LogP) is 5.02. The summed E-state index contributed by atoms with van der Waals surface area (Å²) in [5.74, 6) is 0. The van der Waals surface area contributed by atoms with Crippen molar-refractivity contribution in [2.45, 2.75) is 58.3 Å². The zero-order valence-corrected chi connectivity index (χ0v) is 13.0. The molecular formula is C17H22F3N. The van der Waals surface area contributed by atoms with Crippen LogP contribution in [0.5, 0.6) is 0 Å². The molecule has 4 heteroatoms. The van der Waals surface area contributed by atoms with Gasteiger partial charge in [-0.2, -0.15) is 13.2 Å². The second-order valence-electron chi connectivity index (χ2n) is 6.79. The van der Waals surface area contributed by atoms with Gasteiger partial charge in [0.2, 0.25) is 0 Å². The van der Waals surface area contributed by atoms with Gasteiger partial charge in [-0.05, 0) is 70.0 Å². The van der Waals surface area contributed by atoms with Crippen LogP contribution in [-0.2, 0) is 12.6 Å². The molecule has 0 amide bonds. The van der Waals surface area contributed by atoms with Crippen LogP contribution < -0.4 is 0 Å². The molecule has 1 aliphatic heterocycles. The zero-order chi connectivity index (χ0) is 15.8. The Morgan fingerprint density at radius 1 is 1.10 bits per heavy atom. The van der Waals surface area contributed by atoms with Crippen molar-refractivity contribution in [2.75, 3.05) is 0 Å². The number of hydrogen-bond acceptors (Lipinski definition) is 1. The maximum Gasteiger partial charge on any atom is 0.416 e. The Morgan fingerprint density at radius 2 is 1.67 bits per heavy atom. The van der Waals surface area contributed by atoms with E-state index in [-0.39, 0.29) is 5.54 Å². The van der Waals surface area contributed by atoms with Crippen molar-refractivity contribution in [3.05, 3.63) is 47.2 Å². The van der Waals surface area contributed by atoms with E-state index in [4.69, 9.17) is 0 Å². The minimum Gasteiger partial charge on any atom is -0.370 e. The van der Waals surface area contributed by atoms with E-state index >= 15 is 0 Å². The van der Waals surface area contributed by atoms with Crippen molar-refractivity contribution >= 4 is 0 Å². The number of nitrogens with zero attached hydrogens (tertiary/aromatic N) is 1. The van der Waals surface area contributed by atoms with Crippen molar-refractivity contribution in [2.24, 2.45) is 0 Å². The number of halogens is 3. The summed E-state index contributed by atoms with van der Waals surface area (Å²) < 4.78 is 37.6. The van der Waals surface area contributed by atoms with E-state index < -0.39 is 11.7 Å². The topological polar surface area (TPSA) is 3.24 Å². The van der Waals surface area contributed by atoms with E-state index in [1.165, 1.54) is 5.57 Å². The van der Waals surface area contributed by atoms with Crippen LogP contribution in [0.25, 0.3) is 0 Å². The van der Waals surface area contributed by atoms with Crippen molar-refractivity contribution in [3.63, 3.8) is 0 Å². The lowest BCUT2D eigenvalue weighted by Gasteiger charge is -2.36. The lowest BCUT2D eigenvalue weighted by molar-refractivity contribution is -0.137. The summed E-state index contributed by atoms with van der Waals surface area (Å²) in [7, 11) is 0. The monoisotopic (exact) mass is 297 g/mol. The van der Waals surface area contributed by atoms with Crippen molar-refractivity contribution in [1.82, 2.24) is 4.90 Å². The van der Waals surface area contributed by atoms with Gasteiger partial charge >= 0.3 is 6.18 Å². The van der Waals surface area contributed by atoms with Crippen LogP contribution in [0.4, 0.5) is 13.2 Å². The van der Waals surface area contributed by atoms with Gasteiger partial charge in [-0.1, -0.05) is 12.1 Å². The Bertz CT molecular complexity index is 520. The lowest BCUT2D eigenvalue weighted by Crippen LogP contribution is -2.40. The standard InChI is InChI=1S/C17H22F3N/c1-12-9-14(11-21(12)16(2,3)4)10-13-5-7-15(8-6-13)17(18,19)20/h5-8,11-12H,9-10H2,1-4H3/t12-/m0/s1. The van der Waals surface area contributed by atoms with Crippen LogP contribution in [0.2, 0.25) is 0 Å². The molecule has 0 radical (unpaired) electrons. The molecule has 1 aliphatic rings. The molecule has 0 N–H and O–H groups in total. The van der Waals surface area contributed by atoms with Crippen molar-refractivity contribution in [1.29, 1.82) is 0 Å². The molecule has 0 saturated carbocycles. The van der Waals surface area contributed by atoms with E-state index in [1.54, 1.807) is 12.1 Å². The molecule has 1 heterocycles. The van der Waals surface area contributed by atoms with Gasteiger partial charge in [0.15, 0.2) is 0 Å². The van der Waals surface area contributed by atoms with E-state index in [9.17, 15) is 13.2 Å². The molecule has 0 fully saturated rings. The maximum atomic E-state index is 12.5. The minimum absolute atomic E-state index is 0.0707. The third-order valence-corrected chi connectivity index (χ3v) is 3.84. The van der Waals surface area contributed by atoms with E-state index in [0.29, 0.717) is 6.04 Å². The summed E-state index contributed by atoms with van der Waals surface area (Å²) in [5.41, 5.74) is 1.69. The number of alkyl halides is 3. The van der Waals surface area contributed by atoms with Crippen LogP contribution in [0, 0.1) is 0 Å². The number of rotatable bonds is 2. The first-order valence-corrected chi connectivity index (χ1v) is 7.21. The summed E-state index contributed by atoms with van der Waals surface area (Å²) in [4.78, 5) is 2.33. The SMILES string of the molecule is C[C@H]1CC(Cc2ccc(C(F)(F)F)cc2)=CN1C(C)(C)C. The normalized spacial score (nSPS) is 19.9. The summed E-state index contributed by atoms with van der Waals surface area (Å²) in [6, 6.07) is 5.92. The van der Waals surface area contributed by atoms with Crippen LogP contribution in [0.15, 0.2) is 36.0 Å². The van der Waals surface area contributed by atoms with Gasteiger partial charge in [-0.3, -0.25) is 0 Å². The van der Waals surface area contributed by atoms with Crippen LogP contribution in [0.1, 0.15) is 45.2 Å². The Morgan fingerprint density at radius 3 is 2.10 bits per heavy atom. The highest BCUT2D eigenvalue weighted by Crippen LogP contribution is 2.32. The van der Waals surface area contributed by atoms with E-state index in [0.717, 1.165) is 30.5 Å². The molecule has 0 bridgehead atoms. The fourth-order valence-corrected chi connectivity index (χ4v) is 2.90. The largest absolute Gasteiger partial charge is 0.416 e. The molecule has 0 saturated heterocycles. The average molecular weight is 297 g/mol. The third-order valence-electron chi connectivity index (χ3n) is 3.84. The van der Waals surface area contributed by atoms with Gasteiger partial charge < -0.3 is 4.90 Å². The Labute approximate surface area is 124 Å². The van der Waals surface area contributed by atoms with Gasteiger partial charge in [-0.25, -0.2) is 0 Å². The van der Waals surface area contributed by atoms with Crippen LogP contribution in [-0.4, -0.2) is 16.5 Å². The number of benzene rings is 1. The maximum absolute atomic E-state index is 12.5. The predicted molar refractivity (Wildman–Crippen MR) is 78.9 cm³/mol. The first-order chi connectivity index (χ1) is 9.57. The molecule has 1 aromatic carbocycles. The quantitative estimate of drug-likeness (QED) is 0.740. The second-order valence-corrected chi connectivity index (χ2v) is 6.79. The second kappa shape index (κ2) is 5.39. The van der Waals surface area contributed by atoms with E-state index in [2.05, 4.69) is 38.8 Å². The molecule has 1 atom stereocenters. The molecule has 1 aromatic rings. The van der Waals surface area contributed by atoms with E-state index in [1.807, 2.05) is 0 Å². The van der Waals surface area contributed by atoms with Gasteiger partial charge in [-0.15, -0.1) is 0 Å². The fourth-order valence-electron chi connectivity index (χ4n) is 2.90. The number of hydrogen-bond donors (Lipinski definition) is 0. The van der Waals surface area contributed by atoms with Gasteiger partial charge in [0.1, 0.15) is 0 Å². The molecule has 21 heavy (non-hydrogen) atoms. The molecule has 1 nitrogen and oxygen atoms in total. The Kier molecular flexibility index (Phi) is 4.09. The Balaban J connectivity index is 2.09. The molecule has 2 rings (SSSR count). The zero-order valence-electron chi connectivity index (χ0n) is 13.0. The summed E-state index contributed by atoms with van der Waals surface area (Å²) in [6.07, 6.45) is -0.404. The summed E-state index contributed by atoms with van der Waals surface area (Å²) >= 11 is 0. The molecule has 0 aromatic heterocycles. The first kappa shape index (κ1) is 15.9. The fraction of sp³-hybridized carbons (Fsp3) is 0.529. The highest BCUT2D eigenvalue weighted by Gasteiger charge is 2.31. The van der Waals surface area contributed by atoms with Gasteiger partial charge in [0.25, 0.3) is 0 Å². The van der Waals surface area contributed by atoms with Gasteiger partial charge in [0.05, 0.1) is 5.56 Å². The Hall–Kier alpha value is -1.45. The summed E-state index contributed by atoms with van der Waals surface area (Å²) in [5, 5.41) is 0. The van der Waals surface area contributed by atoms with Crippen molar-refractivity contribution < 1.29 is 13.2 Å². The average Bonchev–Trinajstić information content (AvgIpc) is 2.69. The smallest absolute Gasteiger partial charge is 0.370 e. The molecule has 0 aliphatic carbocycles. The molecule has 0 unspecified atom stereocenters. The third kappa shape index (κ3) is 3.80. The highest BCUT2D eigenvalue weighted by molar-refractivity contribution is 5.29. The van der Waals surface area contributed by atoms with Gasteiger partial charge in [0, 0.05) is 11.6 Å². The lowest BCUT2D eigenvalue weighted by atomic mass is 10.0. The van der Waals surface area contributed by atoms with Crippen LogP contribution >= 0.6 is 0 Å². The molecule has 116 valence electrons. The van der Waals surface area contributed by atoms with Crippen molar-refractivity contribution in [3.8, 4) is 0 Å². The van der Waals surface area contributed by atoms with Crippen LogP contribution in [0.3, 0.4) is 0 Å². The first-order valence-electron chi connectivity index (χ1n) is 7.21. The molecule has 0 spiro atoms. The minimum atomic E-state index is -4.26.